The molecule has 0 fully saturated rings. The second kappa shape index (κ2) is 10.9. The van der Waals surface area contributed by atoms with Gasteiger partial charge in [-0.3, -0.25) is 14.2 Å². The number of carbonyl (C=O) groups is 1. The Morgan fingerprint density at radius 2 is 1.80 bits per heavy atom. The quantitative estimate of drug-likeness (QED) is 0.176. The fourth-order valence-corrected chi connectivity index (χ4v) is 4.17. The van der Waals surface area contributed by atoms with Crippen LogP contribution in [0.25, 0.3) is 16.6 Å². The highest BCUT2D eigenvalue weighted by molar-refractivity contribution is 7.99. The molecule has 0 saturated carbocycles. The molecule has 1 heterocycles. The van der Waals surface area contributed by atoms with Gasteiger partial charge in [0.05, 0.1) is 35.7 Å². The summed E-state index contributed by atoms with van der Waals surface area (Å²) >= 11 is 1.17. The Morgan fingerprint density at radius 3 is 2.49 bits per heavy atom. The number of fused-ring (bicyclic) bond motifs is 1. The monoisotopic (exact) mass is 487 g/mol. The standard InChI is InChI=1S/C26H25N5O3S/c1-30(2)19-10-8-18(9-11-19)16-27-29-24(32)17-35-26-28-23-7-5-4-6-22(23)25(33)31(26)20-12-14-21(34-3)15-13-20/h4-16H,17H2,1-3H3,(H,29,32)/b27-16-. The molecule has 0 bridgehead atoms. The number of amides is 1. The van der Waals surface area contributed by atoms with Gasteiger partial charge in [0, 0.05) is 19.8 Å². The van der Waals surface area contributed by atoms with Gasteiger partial charge < -0.3 is 9.64 Å². The van der Waals surface area contributed by atoms with Crippen LogP contribution in [0, 0.1) is 0 Å². The molecule has 1 aromatic heterocycles. The van der Waals surface area contributed by atoms with Gasteiger partial charge >= 0.3 is 0 Å². The van der Waals surface area contributed by atoms with Crippen LogP contribution in [0.5, 0.6) is 5.75 Å². The van der Waals surface area contributed by atoms with Crippen LogP contribution in [-0.2, 0) is 4.79 Å². The SMILES string of the molecule is COc1ccc(-n2c(SCC(=O)N/N=C\c3ccc(N(C)C)cc3)nc3ccccc3c2=O)cc1. The fourth-order valence-electron chi connectivity index (χ4n) is 3.37. The highest BCUT2D eigenvalue weighted by atomic mass is 32.2. The number of anilines is 1. The number of hydrazone groups is 1. The van der Waals surface area contributed by atoms with Gasteiger partial charge in [-0.1, -0.05) is 36.0 Å². The van der Waals surface area contributed by atoms with E-state index >= 15 is 0 Å². The average Bonchev–Trinajstić information content (AvgIpc) is 2.88. The number of hydrogen-bond acceptors (Lipinski definition) is 7. The van der Waals surface area contributed by atoms with E-state index in [1.807, 2.05) is 49.3 Å². The summed E-state index contributed by atoms with van der Waals surface area (Å²) in [7, 11) is 5.53. The first kappa shape index (κ1) is 24.0. The second-order valence-electron chi connectivity index (χ2n) is 7.82. The summed E-state index contributed by atoms with van der Waals surface area (Å²) in [5, 5.41) is 4.96. The van der Waals surface area contributed by atoms with Crippen LogP contribution in [0.15, 0.2) is 87.8 Å². The van der Waals surface area contributed by atoms with Gasteiger partial charge in [0.15, 0.2) is 5.16 Å². The molecule has 0 radical (unpaired) electrons. The summed E-state index contributed by atoms with van der Waals surface area (Å²) in [5.74, 6) is 0.413. The first-order valence-corrected chi connectivity index (χ1v) is 11.8. The number of para-hydroxylation sites is 1. The van der Waals surface area contributed by atoms with Gasteiger partial charge in [0.25, 0.3) is 11.5 Å². The molecule has 0 atom stereocenters. The zero-order valence-corrected chi connectivity index (χ0v) is 20.5. The minimum absolute atomic E-state index is 0.0395. The lowest BCUT2D eigenvalue weighted by atomic mass is 10.2. The Kier molecular flexibility index (Phi) is 7.47. The van der Waals surface area contributed by atoms with Crippen LogP contribution in [0.2, 0.25) is 0 Å². The van der Waals surface area contributed by atoms with Crippen LogP contribution in [0.4, 0.5) is 5.69 Å². The van der Waals surface area contributed by atoms with Gasteiger partial charge in [-0.05, 0) is 54.1 Å². The Bertz CT molecular complexity index is 1410. The predicted molar refractivity (Wildman–Crippen MR) is 141 cm³/mol. The van der Waals surface area contributed by atoms with Crippen molar-refractivity contribution in [1.82, 2.24) is 15.0 Å². The number of ether oxygens (including phenoxy) is 1. The van der Waals surface area contributed by atoms with E-state index in [9.17, 15) is 9.59 Å². The topological polar surface area (TPSA) is 88.8 Å². The van der Waals surface area contributed by atoms with E-state index in [0.29, 0.717) is 27.5 Å². The molecule has 8 nitrogen and oxygen atoms in total. The highest BCUT2D eigenvalue weighted by Gasteiger charge is 2.15. The molecule has 0 unspecified atom stereocenters. The van der Waals surface area contributed by atoms with Gasteiger partial charge in [0.2, 0.25) is 0 Å². The minimum atomic E-state index is -0.306. The van der Waals surface area contributed by atoms with Crippen molar-refractivity contribution < 1.29 is 9.53 Å². The number of rotatable bonds is 8. The maximum Gasteiger partial charge on any atom is 0.266 e. The van der Waals surface area contributed by atoms with Crippen molar-refractivity contribution in [3.8, 4) is 11.4 Å². The summed E-state index contributed by atoms with van der Waals surface area (Å²) in [6.07, 6.45) is 1.59. The van der Waals surface area contributed by atoms with Crippen LogP contribution in [0.3, 0.4) is 0 Å². The molecule has 1 N–H and O–H groups in total. The second-order valence-corrected chi connectivity index (χ2v) is 8.76. The Labute approximate surface area is 207 Å². The average molecular weight is 488 g/mol. The Hall–Kier alpha value is -4.11. The number of aromatic nitrogens is 2. The van der Waals surface area contributed by atoms with E-state index in [0.717, 1.165) is 11.3 Å². The summed E-state index contributed by atoms with van der Waals surface area (Å²) in [4.78, 5) is 32.4. The van der Waals surface area contributed by atoms with Gasteiger partial charge in [-0.15, -0.1) is 0 Å². The normalized spacial score (nSPS) is 11.1. The lowest BCUT2D eigenvalue weighted by Gasteiger charge is -2.13. The molecular weight excluding hydrogens is 462 g/mol. The van der Waals surface area contributed by atoms with Crippen LogP contribution in [0.1, 0.15) is 5.56 Å². The molecule has 4 rings (SSSR count). The number of thioether (sulfide) groups is 1. The Balaban J connectivity index is 1.51. The number of nitrogens with one attached hydrogen (secondary N) is 1. The van der Waals surface area contributed by atoms with Crippen LogP contribution < -0.4 is 20.6 Å². The first-order chi connectivity index (χ1) is 17.0. The predicted octanol–water partition coefficient (Wildman–Crippen LogP) is 3.70. The summed E-state index contributed by atoms with van der Waals surface area (Å²) < 4.78 is 6.73. The summed E-state index contributed by atoms with van der Waals surface area (Å²) in [6, 6.07) is 22.1. The zero-order chi connectivity index (χ0) is 24.8. The molecule has 0 aliphatic carbocycles. The first-order valence-electron chi connectivity index (χ1n) is 10.8. The van der Waals surface area contributed by atoms with Crippen molar-refractivity contribution in [3.05, 3.63) is 88.7 Å². The lowest BCUT2D eigenvalue weighted by molar-refractivity contribution is -0.118. The van der Waals surface area contributed by atoms with Gasteiger partial charge in [0.1, 0.15) is 5.75 Å². The molecule has 35 heavy (non-hydrogen) atoms. The van der Waals surface area contributed by atoms with Crippen molar-refractivity contribution in [2.75, 3.05) is 31.9 Å². The van der Waals surface area contributed by atoms with E-state index in [-0.39, 0.29) is 17.2 Å². The van der Waals surface area contributed by atoms with Crippen molar-refractivity contribution in [2.45, 2.75) is 5.16 Å². The van der Waals surface area contributed by atoms with Crippen molar-refractivity contribution >= 4 is 40.5 Å². The summed E-state index contributed by atoms with van der Waals surface area (Å²) in [6.45, 7) is 0. The maximum atomic E-state index is 13.3. The maximum absolute atomic E-state index is 13.3. The van der Waals surface area contributed by atoms with Crippen molar-refractivity contribution in [2.24, 2.45) is 5.10 Å². The fraction of sp³-hybridized carbons (Fsp3) is 0.154. The molecule has 0 saturated heterocycles. The molecular formula is C26H25N5O3S. The van der Waals surface area contributed by atoms with E-state index in [1.54, 1.807) is 55.8 Å². The van der Waals surface area contributed by atoms with E-state index in [4.69, 9.17) is 4.74 Å². The van der Waals surface area contributed by atoms with E-state index in [2.05, 4.69) is 15.5 Å². The molecule has 3 aromatic carbocycles. The highest BCUT2D eigenvalue weighted by Crippen LogP contribution is 2.22. The van der Waals surface area contributed by atoms with Gasteiger partial charge in [-0.25, -0.2) is 10.4 Å². The molecule has 0 aliphatic heterocycles. The smallest absolute Gasteiger partial charge is 0.266 e. The van der Waals surface area contributed by atoms with Crippen LogP contribution in [-0.4, -0.2) is 48.6 Å². The number of carbonyl (C=O) groups excluding carboxylic acids is 1. The number of methoxy groups -OCH3 is 1. The third-order valence-corrected chi connectivity index (χ3v) is 6.16. The van der Waals surface area contributed by atoms with Crippen molar-refractivity contribution in [1.29, 1.82) is 0 Å². The minimum Gasteiger partial charge on any atom is -0.497 e. The third kappa shape index (κ3) is 5.70. The molecule has 4 aromatic rings. The molecule has 9 heteroatoms. The molecule has 178 valence electrons. The number of benzene rings is 3. The number of hydrogen-bond donors (Lipinski definition) is 1. The number of nitrogens with zero attached hydrogens (tertiary/aromatic N) is 4. The summed E-state index contributed by atoms with van der Waals surface area (Å²) in [5.41, 5.74) is 5.48. The van der Waals surface area contributed by atoms with Crippen LogP contribution >= 0.6 is 11.8 Å². The largest absolute Gasteiger partial charge is 0.497 e. The Morgan fingerprint density at radius 1 is 1.09 bits per heavy atom. The molecule has 1 amide bonds. The van der Waals surface area contributed by atoms with E-state index in [1.165, 1.54) is 16.3 Å². The molecule has 0 aliphatic rings. The van der Waals surface area contributed by atoms with Crippen molar-refractivity contribution in [3.63, 3.8) is 0 Å². The lowest BCUT2D eigenvalue weighted by Crippen LogP contribution is -2.24. The third-order valence-electron chi connectivity index (χ3n) is 5.22. The zero-order valence-electron chi connectivity index (χ0n) is 19.6. The van der Waals surface area contributed by atoms with E-state index < -0.39 is 0 Å². The van der Waals surface area contributed by atoms with Gasteiger partial charge in [-0.2, -0.15) is 5.10 Å². The molecule has 0 spiro atoms.